The lowest BCUT2D eigenvalue weighted by molar-refractivity contribution is 0.262. The maximum absolute atomic E-state index is 12.6. The zero-order chi connectivity index (χ0) is 21.3. The van der Waals surface area contributed by atoms with Crippen molar-refractivity contribution < 1.29 is 18.3 Å². The second-order valence-corrected chi connectivity index (χ2v) is 9.62. The molecule has 0 aromatic heterocycles. The van der Waals surface area contributed by atoms with E-state index in [1.165, 1.54) is 18.2 Å². The molecule has 0 radical (unpaired) electrons. The number of phenols is 1. The number of carbonyl (C=O) groups excluding carboxylic acids is 1. The predicted molar refractivity (Wildman–Crippen MR) is 112 cm³/mol. The highest BCUT2D eigenvalue weighted by molar-refractivity contribution is 7.89. The Balaban J connectivity index is 2.33. The number of hydrogen-bond acceptors (Lipinski definition) is 4. The highest BCUT2D eigenvalue weighted by Crippen LogP contribution is 2.37. The van der Waals surface area contributed by atoms with Gasteiger partial charge in [-0.25, -0.2) is 17.9 Å². The Labute approximate surface area is 178 Å². The molecule has 4 N–H and O–H groups in total. The Hall–Kier alpha value is -1.71. The number of phenolic OH excluding ortho intramolecular Hbond substituents is 1. The first-order valence-corrected chi connectivity index (χ1v) is 10.5. The number of amides is 2. The number of halogens is 3. The van der Waals surface area contributed by atoms with Gasteiger partial charge in [0.15, 0.2) is 5.75 Å². The van der Waals surface area contributed by atoms with Crippen molar-refractivity contribution in [1.29, 1.82) is 0 Å². The first kappa shape index (κ1) is 22.6. The lowest BCUT2D eigenvalue weighted by Gasteiger charge is -2.22. The smallest absolute Gasteiger partial charge is 0.323 e. The summed E-state index contributed by atoms with van der Waals surface area (Å²) in [5.41, 5.74) is -0.727. The minimum Gasteiger partial charge on any atom is -0.504 e. The highest BCUT2D eigenvalue weighted by Gasteiger charge is 2.29. The minimum absolute atomic E-state index is 0.136. The van der Waals surface area contributed by atoms with Crippen LogP contribution in [-0.4, -0.2) is 25.1 Å². The zero-order valence-corrected chi connectivity index (χ0v) is 18.2. The van der Waals surface area contributed by atoms with Crippen molar-refractivity contribution in [3.63, 3.8) is 0 Å². The van der Waals surface area contributed by atoms with Gasteiger partial charge in [-0.3, -0.25) is 0 Å². The monoisotopic (exact) mass is 465 g/mol. The summed E-state index contributed by atoms with van der Waals surface area (Å²) in [5, 5.41) is 15.4. The molecule has 0 aliphatic rings. The molecule has 0 atom stereocenters. The number of hydrogen-bond donors (Lipinski definition) is 4. The fourth-order valence-electron chi connectivity index (χ4n) is 2.23. The van der Waals surface area contributed by atoms with Crippen molar-refractivity contribution in [2.45, 2.75) is 31.2 Å². The van der Waals surface area contributed by atoms with Crippen LogP contribution in [0.1, 0.15) is 20.8 Å². The fourth-order valence-corrected chi connectivity index (χ4v) is 4.64. The first-order valence-electron chi connectivity index (χ1n) is 7.89. The molecule has 152 valence electrons. The Morgan fingerprint density at radius 1 is 0.964 bits per heavy atom. The third-order valence-corrected chi connectivity index (χ3v) is 6.32. The van der Waals surface area contributed by atoms with E-state index >= 15 is 0 Å². The van der Waals surface area contributed by atoms with Crippen LogP contribution in [0.3, 0.4) is 0 Å². The third kappa shape index (κ3) is 5.42. The Kier molecular flexibility index (Phi) is 6.73. The molecular formula is C17H18Cl3N3O4S. The van der Waals surface area contributed by atoms with Gasteiger partial charge in [0, 0.05) is 5.54 Å². The van der Waals surface area contributed by atoms with E-state index in [9.17, 15) is 18.3 Å². The van der Waals surface area contributed by atoms with Crippen molar-refractivity contribution in [2.24, 2.45) is 0 Å². The van der Waals surface area contributed by atoms with Gasteiger partial charge in [-0.15, -0.1) is 0 Å². The van der Waals surface area contributed by atoms with Crippen LogP contribution in [0, 0.1) is 0 Å². The van der Waals surface area contributed by atoms with Crippen LogP contribution in [0.2, 0.25) is 15.1 Å². The molecule has 2 aromatic carbocycles. The number of carbonyl (C=O) groups is 1. The van der Waals surface area contributed by atoms with Crippen molar-refractivity contribution in [1.82, 2.24) is 4.72 Å². The first-order chi connectivity index (χ1) is 12.8. The predicted octanol–water partition coefficient (Wildman–Crippen LogP) is 5.07. The molecule has 0 aliphatic carbocycles. The molecule has 0 unspecified atom stereocenters. The summed E-state index contributed by atoms with van der Waals surface area (Å²) in [6.45, 7) is 4.92. The van der Waals surface area contributed by atoms with E-state index in [0.29, 0.717) is 0 Å². The van der Waals surface area contributed by atoms with Gasteiger partial charge >= 0.3 is 6.03 Å². The van der Waals surface area contributed by atoms with Gasteiger partial charge in [0.25, 0.3) is 0 Å². The molecule has 0 saturated carbocycles. The number of nitrogens with one attached hydrogen (secondary N) is 3. The molecule has 0 spiro atoms. The maximum Gasteiger partial charge on any atom is 0.323 e. The van der Waals surface area contributed by atoms with E-state index in [2.05, 4.69) is 15.4 Å². The van der Waals surface area contributed by atoms with Crippen molar-refractivity contribution in [3.05, 3.63) is 45.4 Å². The van der Waals surface area contributed by atoms with E-state index in [-0.39, 0.29) is 26.4 Å². The summed E-state index contributed by atoms with van der Waals surface area (Å²) in [7, 11) is -4.15. The van der Waals surface area contributed by atoms with E-state index in [1.54, 1.807) is 32.9 Å². The summed E-state index contributed by atoms with van der Waals surface area (Å²) in [4.78, 5) is 11.7. The minimum atomic E-state index is -4.15. The Bertz CT molecular complexity index is 1020. The zero-order valence-electron chi connectivity index (χ0n) is 15.1. The summed E-state index contributed by atoms with van der Waals surface area (Å²) >= 11 is 17.9. The van der Waals surface area contributed by atoms with Crippen LogP contribution >= 0.6 is 34.8 Å². The van der Waals surface area contributed by atoms with Gasteiger partial charge in [0.1, 0.15) is 4.90 Å². The number of anilines is 2. The van der Waals surface area contributed by atoms with Gasteiger partial charge in [0.05, 0.1) is 26.4 Å². The molecule has 0 saturated heterocycles. The van der Waals surface area contributed by atoms with Gasteiger partial charge in [0.2, 0.25) is 10.0 Å². The molecule has 0 heterocycles. The highest BCUT2D eigenvalue weighted by atomic mass is 35.5. The van der Waals surface area contributed by atoms with Crippen molar-refractivity contribution >= 4 is 62.2 Å². The standard InChI is InChI=1S/C17H18Cl3N3O4S/c1-17(2,3)23-28(26,27)15-10(19)7-8-12(14(15)24)22-16(25)21-11-6-4-5-9(18)13(11)20/h4-8,23-24H,1-3H3,(H2,21,22,25). The SMILES string of the molecule is CC(C)(C)NS(=O)(=O)c1c(Cl)ccc(NC(=O)Nc2cccc(Cl)c2Cl)c1O. The fraction of sp³-hybridized carbons (Fsp3) is 0.235. The summed E-state index contributed by atoms with van der Waals surface area (Å²) in [5.74, 6) is -0.698. The summed E-state index contributed by atoms with van der Waals surface area (Å²) in [6.07, 6.45) is 0. The molecule has 2 amide bonds. The van der Waals surface area contributed by atoms with E-state index < -0.39 is 32.2 Å². The van der Waals surface area contributed by atoms with E-state index in [4.69, 9.17) is 34.8 Å². The van der Waals surface area contributed by atoms with Crippen LogP contribution < -0.4 is 15.4 Å². The number of benzene rings is 2. The van der Waals surface area contributed by atoms with Crippen molar-refractivity contribution in [2.75, 3.05) is 10.6 Å². The molecule has 2 rings (SSSR count). The van der Waals surface area contributed by atoms with Crippen LogP contribution in [0.4, 0.5) is 16.2 Å². The molecule has 2 aromatic rings. The summed E-state index contributed by atoms with van der Waals surface area (Å²) in [6, 6.07) is 6.42. The Morgan fingerprint density at radius 2 is 1.57 bits per heavy atom. The number of rotatable bonds is 4. The normalized spacial score (nSPS) is 11.9. The lowest BCUT2D eigenvalue weighted by atomic mass is 10.1. The molecular weight excluding hydrogens is 449 g/mol. The largest absolute Gasteiger partial charge is 0.504 e. The second kappa shape index (κ2) is 8.34. The molecule has 7 nitrogen and oxygen atoms in total. The second-order valence-electron chi connectivity index (χ2n) is 6.81. The lowest BCUT2D eigenvalue weighted by Crippen LogP contribution is -2.40. The topological polar surface area (TPSA) is 108 Å². The third-order valence-electron chi connectivity index (χ3n) is 3.24. The average molecular weight is 467 g/mol. The van der Waals surface area contributed by atoms with Gasteiger partial charge in [-0.1, -0.05) is 40.9 Å². The van der Waals surface area contributed by atoms with E-state index in [0.717, 1.165) is 0 Å². The Morgan fingerprint density at radius 3 is 2.18 bits per heavy atom. The van der Waals surface area contributed by atoms with Crippen LogP contribution in [-0.2, 0) is 10.0 Å². The van der Waals surface area contributed by atoms with Gasteiger partial charge < -0.3 is 15.7 Å². The summed E-state index contributed by atoms with van der Waals surface area (Å²) < 4.78 is 27.6. The van der Waals surface area contributed by atoms with Crippen LogP contribution in [0.15, 0.2) is 35.2 Å². The quantitative estimate of drug-likeness (QED) is 0.472. The number of urea groups is 1. The van der Waals surface area contributed by atoms with E-state index in [1.807, 2.05) is 0 Å². The number of aromatic hydroxyl groups is 1. The van der Waals surface area contributed by atoms with Gasteiger partial charge in [-0.05, 0) is 45.0 Å². The maximum atomic E-state index is 12.6. The molecule has 0 aliphatic heterocycles. The molecule has 0 fully saturated rings. The molecule has 28 heavy (non-hydrogen) atoms. The molecule has 0 bridgehead atoms. The number of sulfonamides is 1. The average Bonchev–Trinajstić information content (AvgIpc) is 2.52. The van der Waals surface area contributed by atoms with Crippen LogP contribution in [0.25, 0.3) is 0 Å². The van der Waals surface area contributed by atoms with Gasteiger partial charge in [-0.2, -0.15) is 0 Å². The van der Waals surface area contributed by atoms with Crippen molar-refractivity contribution in [3.8, 4) is 5.75 Å². The molecule has 11 heteroatoms. The van der Waals surface area contributed by atoms with Crippen LogP contribution in [0.5, 0.6) is 5.75 Å².